The Morgan fingerprint density at radius 3 is 2.69 bits per heavy atom. The summed E-state index contributed by atoms with van der Waals surface area (Å²) in [5.41, 5.74) is 4.90. The Morgan fingerprint density at radius 1 is 1.00 bits per heavy atom. The lowest BCUT2D eigenvalue weighted by atomic mass is 9.76. The van der Waals surface area contributed by atoms with E-state index in [2.05, 4.69) is 21.0 Å². The summed E-state index contributed by atoms with van der Waals surface area (Å²) in [5.74, 6) is 0.703. The molecule has 0 radical (unpaired) electrons. The predicted octanol–water partition coefficient (Wildman–Crippen LogP) is 4.32. The third kappa shape index (κ3) is 2.95. The number of halogens is 1. The van der Waals surface area contributed by atoms with E-state index < -0.39 is 5.82 Å². The predicted molar refractivity (Wildman–Crippen MR) is 120 cm³/mol. The number of hydrogen-bond acceptors (Lipinski definition) is 5. The van der Waals surface area contributed by atoms with Gasteiger partial charge in [0.15, 0.2) is 17.4 Å². The molecule has 0 N–H and O–H groups in total. The molecule has 6 nitrogen and oxygen atoms in total. The van der Waals surface area contributed by atoms with Crippen molar-refractivity contribution in [3.05, 3.63) is 72.1 Å². The number of ether oxygens (including phenoxy) is 1. The van der Waals surface area contributed by atoms with Crippen LogP contribution in [0.1, 0.15) is 24.1 Å². The topological polar surface area (TPSA) is 55.5 Å². The van der Waals surface area contributed by atoms with Gasteiger partial charge in [-0.3, -0.25) is 4.98 Å². The first-order valence-electron chi connectivity index (χ1n) is 11.0. The number of anilines is 1. The van der Waals surface area contributed by atoms with Crippen molar-refractivity contribution >= 4 is 11.3 Å². The Hall–Kier alpha value is -3.48. The molecular weight excluding hydrogens is 405 g/mol. The minimum absolute atomic E-state index is 0.209. The van der Waals surface area contributed by atoms with Crippen molar-refractivity contribution in [2.45, 2.75) is 25.7 Å². The van der Waals surface area contributed by atoms with Gasteiger partial charge in [0, 0.05) is 30.5 Å². The molecule has 4 heterocycles. The van der Waals surface area contributed by atoms with Gasteiger partial charge in [0.1, 0.15) is 5.52 Å². The van der Waals surface area contributed by atoms with Gasteiger partial charge in [0.05, 0.1) is 25.2 Å². The summed E-state index contributed by atoms with van der Waals surface area (Å²) >= 11 is 0. The molecule has 0 amide bonds. The fraction of sp³-hybridized carbons (Fsp3) is 0.320. The standard InChI is InChI=1S/C25H24FN5O/c1-32-22-6-2-5-18(23(22)26)21-16-28-24(20-7-11-29-31(20)21)30-12-8-25(9-13-30)14-17-4-3-10-27-19(17)15-25/h2-7,10-11,16H,8-9,12-15H2,1H3. The van der Waals surface area contributed by atoms with E-state index in [-0.39, 0.29) is 5.75 Å². The Morgan fingerprint density at radius 2 is 1.88 bits per heavy atom. The summed E-state index contributed by atoms with van der Waals surface area (Å²) in [5, 5.41) is 4.48. The molecule has 0 unspecified atom stereocenters. The van der Waals surface area contributed by atoms with E-state index in [1.165, 1.54) is 18.4 Å². The first-order chi connectivity index (χ1) is 15.7. The van der Waals surface area contributed by atoms with E-state index in [9.17, 15) is 4.39 Å². The average molecular weight is 429 g/mol. The maximum Gasteiger partial charge on any atom is 0.174 e. The van der Waals surface area contributed by atoms with Crippen LogP contribution in [0, 0.1) is 11.2 Å². The smallest absolute Gasteiger partial charge is 0.174 e. The molecule has 1 aliphatic carbocycles. The van der Waals surface area contributed by atoms with Crippen LogP contribution < -0.4 is 9.64 Å². The molecule has 1 aliphatic heterocycles. The molecule has 0 saturated carbocycles. The normalized spacial score (nSPS) is 17.1. The number of rotatable bonds is 3. The molecule has 1 spiro atoms. The third-order valence-corrected chi connectivity index (χ3v) is 7.08. The van der Waals surface area contributed by atoms with Crippen LogP contribution in [0.25, 0.3) is 16.8 Å². The highest BCUT2D eigenvalue weighted by Gasteiger charge is 2.41. The van der Waals surface area contributed by atoms with Gasteiger partial charge < -0.3 is 9.64 Å². The quantitative estimate of drug-likeness (QED) is 0.485. The Bertz CT molecular complexity index is 1280. The van der Waals surface area contributed by atoms with Gasteiger partial charge in [-0.2, -0.15) is 5.10 Å². The molecule has 1 aromatic carbocycles. The second-order valence-corrected chi connectivity index (χ2v) is 8.87. The van der Waals surface area contributed by atoms with Crippen LogP contribution in [0.5, 0.6) is 5.75 Å². The maximum absolute atomic E-state index is 14.9. The number of nitrogens with zero attached hydrogens (tertiary/aromatic N) is 5. The van der Waals surface area contributed by atoms with E-state index in [0.29, 0.717) is 16.7 Å². The zero-order valence-electron chi connectivity index (χ0n) is 18.0. The van der Waals surface area contributed by atoms with E-state index in [1.54, 1.807) is 35.1 Å². The SMILES string of the molecule is COc1cccc(-c2cnc(N3CCC4(CC3)Cc3cccnc3C4)c3ccnn23)c1F. The summed E-state index contributed by atoms with van der Waals surface area (Å²) < 4.78 is 21.8. The van der Waals surface area contributed by atoms with Crippen molar-refractivity contribution in [1.29, 1.82) is 0 Å². The molecule has 7 heteroatoms. The van der Waals surface area contributed by atoms with Gasteiger partial charge in [-0.05, 0) is 60.9 Å². The molecule has 4 aromatic rings. The number of hydrogen-bond donors (Lipinski definition) is 0. The van der Waals surface area contributed by atoms with Gasteiger partial charge in [-0.15, -0.1) is 0 Å². The molecule has 6 rings (SSSR count). The molecule has 2 aliphatic rings. The van der Waals surface area contributed by atoms with Crippen molar-refractivity contribution in [3.8, 4) is 17.0 Å². The summed E-state index contributed by atoms with van der Waals surface area (Å²) in [7, 11) is 1.47. The van der Waals surface area contributed by atoms with Crippen molar-refractivity contribution in [1.82, 2.24) is 19.6 Å². The molecule has 0 bridgehead atoms. The van der Waals surface area contributed by atoms with Gasteiger partial charge in [-0.1, -0.05) is 12.1 Å². The fourth-order valence-electron chi connectivity index (χ4n) is 5.36. The van der Waals surface area contributed by atoms with Crippen molar-refractivity contribution in [3.63, 3.8) is 0 Å². The summed E-state index contributed by atoms with van der Waals surface area (Å²) in [6.45, 7) is 1.88. The largest absolute Gasteiger partial charge is 0.494 e. The van der Waals surface area contributed by atoms with Crippen LogP contribution in [0.3, 0.4) is 0 Å². The Kier molecular flexibility index (Phi) is 4.38. The van der Waals surface area contributed by atoms with Crippen molar-refractivity contribution in [2.75, 3.05) is 25.1 Å². The molecule has 0 atom stereocenters. The minimum Gasteiger partial charge on any atom is -0.494 e. The van der Waals surface area contributed by atoms with Crippen LogP contribution in [0.4, 0.5) is 10.2 Å². The van der Waals surface area contributed by atoms with E-state index in [4.69, 9.17) is 9.72 Å². The van der Waals surface area contributed by atoms with Crippen molar-refractivity contribution < 1.29 is 9.13 Å². The molecule has 162 valence electrons. The number of fused-ring (bicyclic) bond motifs is 2. The lowest BCUT2D eigenvalue weighted by molar-refractivity contribution is 0.231. The van der Waals surface area contributed by atoms with Crippen LogP contribution in [0.2, 0.25) is 0 Å². The van der Waals surface area contributed by atoms with Crippen LogP contribution in [0.15, 0.2) is 55.0 Å². The fourth-order valence-corrected chi connectivity index (χ4v) is 5.36. The molecule has 1 saturated heterocycles. The molecule has 3 aromatic heterocycles. The minimum atomic E-state index is -0.407. The van der Waals surface area contributed by atoms with Gasteiger partial charge in [0.25, 0.3) is 0 Å². The molecular formula is C25H24FN5O. The summed E-state index contributed by atoms with van der Waals surface area (Å²) in [6.07, 6.45) is 9.77. The molecule has 1 fully saturated rings. The maximum atomic E-state index is 14.9. The Balaban J connectivity index is 1.30. The van der Waals surface area contributed by atoms with Crippen LogP contribution in [-0.4, -0.2) is 39.8 Å². The van der Waals surface area contributed by atoms with Crippen molar-refractivity contribution in [2.24, 2.45) is 5.41 Å². The Labute approximate surface area is 185 Å². The van der Waals surface area contributed by atoms with E-state index in [1.807, 2.05) is 18.3 Å². The van der Waals surface area contributed by atoms with E-state index >= 15 is 0 Å². The number of aromatic nitrogens is 4. The highest BCUT2D eigenvalue weighted by atomic mass is 19.1. The second-order valence-electron chi connectivity index (χ2n) is 8.87. The highest BCUT2D eigenvalue weighted by Crippen LogP contribution is 2.44. The monoisotopic (exact) mass is 429 g/mol. The number of methoxy groups -OCH3 is 1. The zero-order chi connectivity index (χ0) is 21.7. The summed E-state index contributed by atoms with van der Waals surface area (Å²) in [6, 6.07) is 11.3. The van der Waals surface area contributed by atoms with Crippen LogP contribution >= 0.6 is 0 Å². The van der Waals surface area contributed by atoms with Crippen LogP contribution in [-0.2, 0) is 12.8 Å². The highest BCUT2D eigenvalue weighted by molar-refractivity contribution is 5.74. The first kappa shape index (κ1) is 19.2. The molecule has 32 heavy (non-hydrogen) atoms. The van der Waals surface area contributed by atoms with Gasteiger partial charge in [-0.25, -0.2) is 13.9 Å². The lowest BCUT2D eigenvalue weighted by Gasteiger charge is -2.40. The second kappa shape index (κ2) is 7.29. The van der Waals surface area contributed by atoms with Gasteiger partial charge in [0.2, 0.25) is 0 Å². The number of piperidine rings is 1. The third-order valence-electron chi connectivity index (χ3n) is 7.08. The lowest BCUT2D eigenvalue weighted by Crippen LogP contribution is -2.41. The van der Waals surface area contributed by atoms with E-state index in [0.717, 1.165) is 50.1 Å². The number of pyridine rings is 1. The number of benzene rings is 1. The first-order valence-corrected chi connectivity index (χ1v) is 11.0. The average Bonchev–Trinajstić information content (AvgIpc) is 3.44. The van der Waals surface area contributed by atoms with Gasteiger partial charge >= 0.3 is 0 Å². The summed E-state index contributed by atoms with van der Waals surface area (Å²) in [4.78, 5) is 11.7. The zero-order valence-corrected chi connectivity index (χ0v) is 18.0.